The van der Waals surface area contributed by atoms with Gasteiger partial charge in [0.2, 0.25) is 0 Å². The van der Waals surface area contributed by atoms with Crippen LogP contribution in [0.1, 0.15) is 6.92 Å². The van der Waals surface area contributed by atoms with Crippen molar-refractivity contribution in [2.75, 3.05) is 12.3 Å². The van der Waals surface area contributed by atoms with Crippen LogP contribution in [0.15, 0.2) is 30.5 Å². The third-order valence-corrected chi connectivity index (χ3v) is 1.86. The first-order chi connectivity index (χ1) is 7.29. The minimum Gasteiger partial charge on any atom is -0.468 e. The summed E-state index contributed by atoms with van der Waals surface area (Å²) in [5.41, 5.74) is 7.61. The molecule has 0 saturated carbocycles. The molecule has 0 radical (unpaired) electrons. The highest BCUT2D eigenvalue weighted by Gasteiger charge is 1.94. The van der Waals surface area contributed by atoms with E-state index in [0.717, 1.165) is 16.6 Å². The van der Waals surface area contributed by atoms with E-state index in [4.69, 9.17) is 5.73 Å². The lowest BCUT2D eigenvalue weighted by Gasteiger charge is -1.92. The standard InChI is InChI=1S/C8H8N2.C3H6O2/c9-7-2-1-3-8-6(7)4-5-10-8;1-2-5-3-4/h1-5,10H,9H2;3H,2H2,1H3. The van der Waals surface area contributed by atoms with Gasteiger partial charge in [0.15, 0.2) is 0 Å². The summed E-state index contributed by atoms with van der Waals surface area (Å²) in [5.74, 6) is 0. The molecule has 0 aliphatic carbocycles. The second-order valence-electron chi connectivity index (χ2n) is 2.84. The van der Waals surface area contributed by atoms with Crippen molar-refractivity contribution in [1.29, 1.82) is 0 Å². The zero-order valence-corrected chi connectivity index (χ0v) is 8.57. The van der Waals surface area contributed by atoms with Crippen LogP contribution < -0.4 is 5.73 Å². The van der Waals surface area contributed by atoms with Crippen molar-refractivity contribution in [3.8, 4) is 0 Å². The van der Waals surface area contributed by atoms with Crippen LogP contribution >= 0.6 is 0 Å². The Kier molecular flexibility index (Phi) is 4.22. The first kappa shape index (κ1) is 11.1. The summed E-state index contributed by atoms with van der Waals surface area (Å²) < 4.78 is 4.15. The molecule has 0 saturated heterocycles. The number of H-pyrrole nitrogens is 1. The fourth-order valence-electron chi connectivity index (χ4n) is 1.18. The van der Waals surface area contributed by atoms with Gasteiger partial charge >= 0.3 is 0 Å². The third kappa shape index (κ3) is 3.02. The highest BCUT2D eigenvalue weighted by Crippen LogP contribution is 2.18. The van der Waals surface area contributed by atoms with Crippen LogP contribution in [-0.4, -0.2) is 18.1 Å². The fourth-order valence-corrected chi connectivity index (χ4v) is 1.18. The Morgan fingerprint density at radius 1 is 1.47 bits per heavy atom. The first-order valence-electron chi connectivity index (χ1n) is 4.66. The molecule has 0 bridgehead atoms. The number of hydrogen-bond donors (Lipinski definition) is 2. The quantitative estimate of drug-likeness (QED) is 0.582. The number of nitrogens with one attached hydrogen (secondary N) is 1. The van der Waals surface area contributed by atoms with Gasteiger partial charge in [0, 0.05) is 22.8 Å². The van der Waals surface area contributed by atoms with Crippen LogP contribution in [0.4, 0.5) is 5.69 Å². The second kappa shape index (κ2) is 5.70. The molecule has 0 unspecified atom stereocenters. The molecule has 4 heteroatoms. The number of aromatic amines is 1. The monoisotopic (exact) mass is 206 g/mol. The molecule has 1 aromatic carbocycles. The van der Waals surface area contributed by atoms with E-state index in [1.165, 1.54) is 0 Å². The molecular formula is C11H14N2O2. The Labute approximate surface area is 88.0 Å². The summed E-state index contributed by atoms with van der Waals surface area (Å²) in [6.45, 7) is 2.66. The summed E-state index contributed by atoms with van der Waals surface area (Å²) in [6.07, 6.45) is 1.89. The lowest BCUT2D eigenvalue weighted by Crippen LogP contribution is -1.82. The number of hydrogen-bond acceptors (Lipinski definition) is 3. The number of nitrogen functional groups attached to an aromatic ring is 1. The molecule has 0 atom stereocenters. The van der Waals surface area contributed by atoms with Crippen LogP contribution in [0, 0.1) is 0 Å². The Balaban J connectivity index is 0.000000195. The first-order valence-corrected chi connectivity index (χ1v) is 4.66. The maximum absolute atomic E-state index is 9.18. The molecular weight excluding hydrogens is 192 g/mol. The predicted molar refractivity (Wildman–Crippen MR) is 60.4 cm³/mol. The summed E-state index contributed by atoms with van der Waals surface area (Å²) in [7, 11) is 0. The molecule has 0 aliphatic rings. The Morgan fingerprint density at radius 3 is 2.80 bits per heavy atom. The van der Waals surface area contributed by atoms with Gasteiger partial charge in [-0.15, -0.1) is 0 Å². The van der Waals surface area contributed by atoms with E-state index < -0.39 is 0 Å². The minimum atomic E-state index is 0.431. The number of carbonyl (C=O) groups excluding carboxylic acids is 1. The van der Waals surface area contributed by atoms with E-state index in [-0.39, 0.29) is 0 Å². The number of ether oxygens (including phenoxy) is 1. The largest absolute Gasteiger partial charge is 0.468 e. The van der Waals surface area contributed by atoms with Gasteiger partial charge in [-0.1, -0.05) is 6.07 Å². The van der Waals surface area contributed by atoms with Crippen molar-refractivity contribution in [3.63, 3.8) is 0 Å². The maximum atomic E-state index is 9.18. The topological polar surface area (TPSA) is 68.1 Å². The summed E-state index contributed by atoms with van der Waals surface area (Å²) in [4.78, 5) is 12.3. The number of fused-ring (bicyclic) bond motifs is 1. The van der Waals surface area contributed by atoms with Gasteiger partial charge in [-0.3, -0.25) is 4.79 Å². The zero-order valence-electron chi connectivity index (χ0n) is 8.57. The molecule has 0 aliphatic heterocycles. The Morgan fingerprint density at radius 2 is 2.27 bits per heavy atom. The van der Waals surface area contributed by atoms with Gasteiger partial charge in [0.1, 0.15) is 0 Å². The van der Waals surface area contributed by atoms with E-state index in [1.54, 1.807) is 6.92 Å². The van der Waals surface area contributed by atoms with Crippen LogP contribution in [0.5, 0.6) is 0 Å². The van der Waals surface area contributed by atoms with Gasteiger partial charge < -0.3 is 15.5 Å². The van der Waals surface area contributed by atoms with Crippen LogP contribution in [0.2, 0.25) is 0 Å². The molecule has 4 nitrogen and oxygen atoms in total. The predicted octanol–water partition coefficient (Wildman–Crippen LogP) is 1.93. The number of carbonyl (C=O) groups is 1. The van der Waals surface area contributed by atoms with Gasteiger partial charge in [0.25, 0.3) is 6.47 Å². The van der Waals surface area contributed by atoms with Crippen LogP contribution in [0.3, 0.4) is 0 Å². The van der Waals surface area contributed by atoms with Gasteiger partial charge in [-0.2, -0.15) is 0 Å². The number of rotatable bonds is 2. The molecule has 80 valence electrons. The van der Waals surface area contributed by atoms with Crippen molar-refractivity contribution in [2.24, 2.45) is 0 Å². The number of aromatic nitrogens is 1. The fraction of sp³-hybridized carbons (Fsp3) is 0.182. The second-order valence-corrected chi connectivity index (χ2v) is 2.84. The number of benzene rings is 1. The minimum absolute atomic E-state index is 0.431. The highest BCUT2D eigenvalue weighted by atomic mass is 16.5. The SMILES string of the molecule is CCOC=O.Nc1cccc2[nH]ccc12. The molecule has 3 N–H and O–H groups in total. The normalized spacial score (nSPS) is 9.13. The van der Waals surface area contributed by atoms with Crippen molar-refractivity contribution in [2.45, 2.75) is 6.92 Å². The summed E-state index contributed by atoms with van der Waals surface area (Å²) in [5, 5.41) is 1.10. The van der Waals surface area contributed by atoms with Gasteiger partial charge in [0.05, 0.1) is 6.61 Å². The van der Waals surface area contributed by atoms with Crippen molar-refractivity contribution in [1.82, 2.24) is 4.98 Å². The molecule has 1 aromatic heterocycles. The van der Waals surface area contributed by atoms with Gasteiger partial charge in [-0.05, 0) is 25.1 Å². The number of nitrogens with two attached hydrogens (primary N) is 1. The molecule has 2 aromatic rings. The average molecular weight is 206 g/mol. The molecule has 2 rings (SSSR count). The van der Waals surface area contributed by atoms with E-state index in [1.807, 2.05) is 30.5 Å². The third-order valence-electron chi connectivity index (χ3n) is 1.86. The summed E-state index contributed by atoms with van der Waals surface area (Å²) in [6, 6.07) is 7.82. The average Bonchev–Trinajstić information content (AvgIpc) is 2.69. The molecule has 0 fully saturated rings. The van der Waals surface area contributed by atoms with Crippen LogP contribution in [-0.2, 0) is 9.53 Å². The van der Waals surface area contributed by atoms with Crippen molar-refractivity contribution in [3.05, 3.63) is 30.5 Å². The smallest absolute Gasteiger partial charge is 0.293 e. The van der Waals surface area contributed by atoms with Crippen molar-refractivity contribution >= 4 is 23.1 Å². The van der Waals surface area contributed by atoms with Gasteiger partial charge in [-0.25, -0.2) is 0 Å². The highest BCUT2D eigenvalue weighted by molar-refractivity contribution is 5.90. The van der Waals surface area contributed by atoms with E-state index in [9.17, 15) is 4.79 Å². The van der Waals surface area contributed by atoms with E-state index >= 15 is 0 Å². The Hall–Kier alpha value is -1.97. The molecule has 0 spiro atoms. The van der Waals surface area contributed by atoms with E-state index in [0.29, 0.717) is 13.1 Å². The van der Waals surface area contributed by atoms with E-state index in [2.05, 4.69) is 9.72 Å². The number of anilines is 1. The zero-order chi connectivity index (χ0) is 11.1. The van der Waals surface area contributed by atoms with Crippen molar-refractivity contribution < 1.29 is 9.53 Å². The molecule has 1 heterocycles. The molecule has 15 heavy (non-hydrogen) atoms. The maximum Gasteiger partial charge on any atom is 0.293 e. The molecule has 0 amide bonds. The van der Waals surface area contributed by atoms with Crippen LogP contribution in [0.25, 0.3) is 10.9 Å². The lowest BCUT2D eigenvalue weighted by atomic mass is 10.2. The lowest BCUT2D eigenvalue weighted by molar-refractivity contribution is -0.128. The Bertz CT molecular complexity index is 423. The summed E-state index contributed by atoms with van der Waals surface area (Å²) >= 11 is 0.